The highest BCUT2D eigenvalue weighted by atomic mass is 16.5. The van der Waals surface area contributed by atoms with Gasteiger partial charge in [-0.15, -0.1) is 0 Å². The van der Waals surface area contributed by atoms with Crippen molar-refractivity contribution in [2.45, 2.75) is 13.3 Å². The van der Waals surface area contributed by atoms with Crippen LogP contribution in [0, 0.1) is 6.57 Å². The lowest BCUT2D eigenvalue weighted by atomic mass is 10.0. The fraction of sp³-hybridized carbons (Fsp3) is 0.138. The number of hydrogen-bond acceptors (Lipinski definition) is 5. The zero-order valence-electron chi connectivity index (χ0n) is 19.4. The van der Waals surface area contributed by atoms with Gasteiger partial charge in [0, 0.05) is 11.6 Å². The molecule has 0 heterocycles. The molecule has 3 aromatic rings. The zero-order chi connectivity index (χ0) is 25.0. The number of carbonyl (C=O) groups excluding carboxylic acids is 2. The Labute approximate surface area is 204 Å². The summed E-state index contributed by atoms with van der Waals surface area (Å²) in [4.78, 5) is 27.0. The van der Waals surface area contributed by atoms with Crippen molar-refractivity contribution < 1.29 is 23.8 Å². The van der Waals surface area contributed by atoms with E-state index in [1.807, 2.05) is 48.5 Å². The molecular formula is C29H25NO5. The SMILES string of the molecule is [C-]#[N+]CCCOc1ccc(-c2ccc(/C=C/C(=O)Oc3ccc(OC(=O)C(=C)C)cc3)cc2)cc1. The number of carbonyl (C=O) groups is 2. The Morgan fingerprint density at radius 1 is 0.857 bits per heavy atom. The molecule has 0 amide bonds. The van der Waals surface area contributed by atoms with Crippen LogP contribution in [0.1, 0.15) is 18.9 Å². The number of nitrogens with zero attached hydrogens (tertiary/aromatic N) is 1. The van der Waals surface area contributed by atoms with Gasteiger partial charge in [-0.25, -0.2) is 16.2 Å². The van der Waals surface area contributed by atoms with Crippen LogP contribution >= 0.6 is 0 Å². The van der Waals surface area contributed by atoms with Gasteiger partial charge in [-0.05, 0) is 66.1 Å². The summed E-state index contributed by atoms with van der Waals surface area (Å²) in [5, 5.41) is 0. The molecule has 3 rings (SSSR count). The highest BCUT2D eigenvalue weighted by Gasteiger charge is 2.06. The monoisotopic (exact) mass is 467 g/mol. The van der Waals surface area contributed by atoms with Gasteiger partial charge >= 0.3 is 11.9 Å². The van der Waals surface area contributed by atoms with Crippen LogP contribution in [0.2, 0.25) is 0 Å². The average molecular weight is 468 g/mol. The number of benzene rings is 3. The first kappa shape index (κ1) is 25.0. The molecule has 6 nitrogen and oxygen atoms in total. The zero-order valence-corrected chi connectivity index (χ0v) is 19.4. The normalized spacial score (nSPS) is 10.4. The molecule has 0 bridgehead atoms. The molecule has 6 heteroatoms. The van der Waals surface area contributed by atoms with Crippen molar-refractivity contribution in [2.75, 3.05) is 13.2 Å². The van der Waals surface area contributed by atoms with Gasteiger partial charge in [0.1, 0.15) is 17.2 Å². The Balaban J connectivity index is 1.51. The third-order valence-electron chi connectivity index (χ3n) is 4.79. The molecule has 0 fully saturated rings. The van der Waals surface area contributed by atoms with E-state index in [0.717, 1.165) is 22.4 Å². The van der Waals surface area contributed by atoms with E-state index in [1.165, 1.54) is 6.08 Å². The van der Waals surface area contributed by atoms with Crippen LogP contribution in [0.3, 0.4) is 0 Å². The minimum atomic E-state index is -0.521. The Morgan fingerprint density at radius 2 is 1.40 bits per heavy atom. The average Bonchev–Trinajstić information content (AvgIpc) is 2.87. The maximum atomic E-state index is 12.1. The second kappa shape index (κ2) is 12.6. The van der Waals surface area contributed by atoms with E-state index in [1.54, 1.807) is 37.3 Å². The van der Waals surface area contributed by atoms with Crippen LogP contribution < -0.4 is 14.2 Å². The Morgan fingerprint density at radius 3 is 1.97 bits per heavy atom. The summed E-state index contributed by atoms with van der Waals surface area (Å²) < 4.78 is 16.0. The molecule has 0 N–H and O–H groups in total. The number of ether oxygens (including phenoxy) is 3. The molecule has 35 heavy (non-hydrogen) atoms. The number of rotatable bonds is 10. The van der Waals surface area contributed by atoms with Crippen molar-refractivity contribution in [1.29, 1.82) is 0 Å². The van der Waals surface area contributed by atoms with Gasteiger partial charge in [-0.2, -0.15) is 0 Å². The first-order valence-electron chi connectivity index (χ1n) is 11.0. The molecule has 3 aromatic carbocycles. The van der Waals surface area contributed by atoms with Crippen LogP contribution in [-0.2, 0) is 9.59 Å². The summed E-state index contributed by atoms with van der Waals surface area (Å²) in [5.74, 6) is 0.419. The first-order valence-corrected chi connectivity index (χ1v) is 11.0. The summed E-state index contributed by atoms with van der Waals surface area (Å²) in [5.41, 5.74) is 3.24. The molecule has 0 aliphatic rings. The van der Waals surface area contributed by atoms with Crippen molar-refractivity contribution in [2.24, 2.45) is 0 Å². The largest absolute Gasteiger partial charge is 0.493 e. The molecule has 0 aliphatic carbocycles. The minimum absolute atomic E-state index is 0.298. The molecule has 176 valence electrons. The fourth-order valence-corrected chi connectivity index (χ4v) is 2.95. The fourth-order valence-electron chi connectivity index (χ4n) is 2.95. The summed E-state index contributed by atoms with van der Waals surface area (Å²) in [6.07, 6.45) is 3.74. The van der Waals surface area contributed by atoms with Gasteiger partial charge < -0.3 is 19.1 Å². The third-order valence-corrected chi connectivity index (χ3v) is 4.79. The van der Waals surface area contributed by atoms with Crippen LogP contribution in [0.5, 0.6) is 17.2 Å². The third kappa shape index (κ3) is 8.02. The predicted molar refractivity (Wildman–Crippen MR) is 135 cm³/mol. The van der Waals surface area contributed by atoms with Gasteiger partial charge in [-0.3, -0.25) is 0 Å². The lowest BCUT2D eigenvalue weighted by molar-refractivity contribution is -0.130. The molecule has 0 radical (unpaired) electrons. The van der Waals surface area contributed by atoms with Crippen molar-refractivity contribution in [1.82, 2.24) is 0 Å². The maximum absolute atomic E-state index is 12.1. The smallest absolute Gasteiger partial charge is 0.338 e. The molecule has 0 unspecified atom stereocenters. The van der Waals surface area contributed by atoms with Gasteiger partial charge in [0.2, 0.25) is 6.54 Å². The van der Waals surface area contributed by atoms with Gasteiger partial charge in [0.25, 0.3) is 0 Å². The topological polar surface area (TPSA) is 66.2 Å². The maximum Gasteiger partial charge on any atom is 0.338 e. The molecule has 0 atom stereocenters. The highest BCUT2D eigenvalue weighted by molar-refractivity contribution is 5.89. The lowest BCUT2D eigenvalue weighted by Crippen LogP contribution is -2.08. The number of esters is 2. The van der Waals surface area contributed by atoms with Crippen LogP contribution in [-0.4, -0.2) is 25.1 Å². The molecule has 0 spiro atoms. The minimum Gasteiger partial charge on any atom is -0.493 e. The second-order valence-electron chi connectivity index (χ2n) is 7.63. The predicted octanol–water partition coefficient (Wildman–Crippen LogP) is 6.14. The van der Waals surface area contributed by atoms with Crippen molar-refractivity contribution in [3.05, 3.63) is 108 Å². The van der Waals surface area contributed by atoms with E-state index in [9.17, 15) is 9.59 Å². The van der Waals surface area contributed by atoms with Gasteiger partial charge in [0.15, 0.2) is 0 Å². The van der Waals surface area contributed by atoms with Crippen molar-refractivity contribution in [3.8, 4) is 28.4 Å². The molecular weight excluding hydrogens is 442 g/mol. The van der Waals surface area contributed by atoms with Crippen molar-refractivity contribution in [3.63, 3.8) is 0 Å². The van der Waals surface area contributed by atoms with E-state index >= 15 is 0 Å². The standard InChI is InChI=1S/C29H25NO5/c1-21(2)29(32)35-27-16-14-26(15-17-27)34-28(31)18-7-22-5-8-23(9-6-22)24-10-12-25(13-11-24)33-20-4-19-30-3/h5-18H,1,4,19-20H2,2H3/b18-7+. The van der Waals surface area contributed by atoms with Gasteiger partial charge in [0.05, 0.1) is 13.0 Å². The lowest BCUT2D eigenvalue weighted by Gasteiger charge is -2.07. The molecule has 0 aliphatic heterocycles. The summed E-state index contributed by atoms with van der Waals surface area (Å²) in [6, 6.07) is 21.7. The quantitative estimate of drug-likeness (QED) is 0.118. The summed E-state index contributed by atoms with van der Waals surface area (Å²) in [7, 11) is 0. The van der Waals surface area contributed by atoms with Crippen molar-refractivity contribution >= 4 is 18.0 Å². The van der Waals surface area contributed by atoms with E-state index in [4.69, 9.17) is 20.8 Å². The number of hydrogen-bond donors (Lipinski definition) is 0. The highest BCUT2D eigenvalue weighted by Crippen LogP contribution is 2.23. The summed E-state index contributed by atoms with van der Waals surface area (Å²) >= 11 is 0. The van der Waals surface area contributed by atoms with E-state index in [-0.39, 0.29) is 0 Å². The molecule has 0 saturated carbocycles. The molecule has 0 saturated heterocycles. The first-order chi connectivity index (χ1) is 16.9. The Bertz CT molecular complexity index is 1230. The summed E-state index contributed by atoms with van der Waals surface area (Å²) in [6.45, 7) is 12.9. The van der Waals surface area contributed by atoms with Crippen LogP contribution in [0.4, 0.5) is 0 Å². The van der Waals surface area contributed by atoms with E-state index < -0.39 is 11.9 Å². The Kier molecular flexibility index (Phi) is 8.98. The van der Waals surface area contributed by atoms with Crippen LogP contribution in [0.25, 0.3) is 22.0 Å². The van der Waals surface area contributed by atoms with Gasteiger partial charge in [-0.1, -0.05) is 43.0 Å². The Hall–Kier alpha value is -4.63. The molecule has 0 aromatic heterocycles. The van der Waals surface area contributed by atoms with E-state index in [0.29, 0.717) is 36.6 Å². The second-order valence-corrected chi connectivity index (χ2v) is 7.63. The van der Waals surface area contributed by atoms with Crippen LogP contribution in [0.15, 0.2) is 91.0 Å². The van der Waals surface area contributed by atoms with E-state index in [2.05, 4.69) is 11.4 Å².